The molecule has 0 unspecified atom stereocenters. The molecule has 0 aromatic carbocycles. The van der Waals surface area contributed by atoms with Gasteiger partial charge in [0, 0.05) is 32.0 Å². The van der Waals surface area contributed by atoms with Gasteiger partial charge in [-0.2, -0.15) is 5.10 Å². The first-order valence-corrected chi connectivity index (χ1v) is 9.29. The Hall–Kier alpha value is -0.910. The maximum Gasteiger partial charge on any atom is 0.0793 e. The lowest BCUT2D eigenvalue weighted by atomic mass is 9.96. The summed E-state index contributed by atoms with van der Waals surface area (Å²) in [6.45, 7) is 9.59. The molecule has 0 bridgehead atoms. The fourth-order valence-electron chi connectivity index (χ4n) is 3.92. The van der Waals surface area contributed by atoms with Crippen molar-refractivity contribution in [3.63, 3.8) is 0 Å². The average Bonchev–Trinajstić information content (AvgIpc) is 3.04. The van der Waals surface area contributed by atoms with Crippen molar-refractivity contribution in [2.24, 2.45) is 11.8 Å². The van der Waals surface area contributed by atoms with Crippen LogP contribution in [0.3, 0.4) is 0 Å². The predicted molar refractivity (Wildman–Crippen MR) is 92.2 cm³/mol. The molecule has 23 heavy (non-hydrogen) atoms. The van der Waals surface area contributed by atoms with E-state index in [1.807, 2.05) is 16.9 Å². The van der Waals surface area contributed by atoms with E-state index in [0.717, 1.165) is 57.6 Å². The van der Waals surface area contributed by atoms with Crippen LogP contribution < -0.4 is 0 Å². The van der Waals surface area contributed by atoms with Gasteiger partial charge < -0.3 is 14.9 Å². The molecule has 2 aliphatic rings. The molecular weight excluding hydrogens is 288 g/mol. The molecule has 1 N–H and O–H groups in total. The minimum atomic E-state index is -0.203. The summed E-state index contributed by atoms with van der Waals surface area (Å²) in [5, 5.41) is 14.7. The van der Waals surface area contributed by atoms with Gasteiger partial charge in [-0.1, -0.05) is 6.92 Å². The quantitative estimate of drug-likeness (QED) is 0.866. The van der Waals surface area contributed by atoms with Gasteiger partial charge in [0.25, 0.3) is 0 Å². The van der Waals surface area contributed by atoms with E-state index in [9.17, 15) is 5.11 Å². The van der Waals surface area contributed by atoms with E-state index in [1.54, 1.807) is 0 Å². The molecule has 2 saturated heterocycles. The molecule has 3 heterocycles. The standard InChI is InChI=1S/C18H32N4O/c1-16-3-9-20(10-4-16)14-18(23)15-21-11-5-17(6-12-21)13-22-8-2-7-19-22/h2,7-8,16-18,23H,3-6,9-15H2,1H3/t18-/m1/s1. The highest BCUT2D eigenvalue weighted by atomic mass is 16.3. The van der Waals surface area contributed by atoms with Crippen LogP contribution in [0.5, 0.6) is 0 Å². The molecule has 0 saturated carbocycles. The van der Waals surface area contributed by atoms with Crippen LogP contribution in [-0.4, -0.2) is 70.1 Å². The number of aliphatic hydroxyl groups is 1. The number of aromatic nitrogens is 2. The Labute approximate surface area is 140 Å². The molecule has 0 spiro atoms. The lowest BCUT2D eigenvalue weighted by Gasteiger charge is -2.35. The zero-order valence-electron chi connectivity index (χ0n) is 14.5. The summed E-state index contributed by atoms with van der Waals surface area (Å²) in [5.41, 5.74) is 0. The number of likely N-dealkylation sites (tertiary alicyclic amines) is 2. The van der Waals surface area contributed by atoms with Crippen LogP contribution in [0.25, 0.3) is 0 Å². The molecule has 0 aliphatic carbocycles. The van der Waals surface area contributed by atoms with E-state index in [1.165, 1.54) is 25.7 Å². The zero-order valence-corrected chi connectivity index (χ0v) is 14.5. The lowest BCUT2D eigenvalue weighted by Crippen LogP contribution is -2.45. The summed E-state index contributed by atoms with van der Waals surface area (Å²) < 4.78 is 2.05. The molecule has 0 radical (unpaired) electrons. The van der Waals surface area contributed by atoms with Gasteiger partial charge in [0.2, 0.25) is 0 Å². The van der Waals surface area contributed by atoms with E-state index in [4.69, 9.17) is 0 Å². The summed E-state index contributed by atoms with van der Waals surface area (Å²) in [7, 11) is 0. The molecule has 5 heteroatoms. The largest absolute Gasteiger partial charge is 0.390 e. The number of hydrogen-bond acceptors (Lipinski definition) is 4. The first-order valence-electron chi connectivity index (χ1n) is 9.29. The summed E-state index contributed by atoms with van der Waals surface area (Å²) in [6.07, 6.45) is 8.70. The summed E-state index contributed by atoms with van der Waals surface area (Å²) >= 11 is 0. The first-order chi connectivity index (χ1) is 11.2. The van der Waals surface area contributed by atoms with Gasteiger partial charge in [-0.3, -0.25) is 4.68 Å². The molecular formula is C18H32N4O. The minimum absolute atomic E-state index is 0.203. The van der Waals surface area contributed by atoms with E-state index in [-0.39, 0.29) is 6.10 Å². The maximum absolute atomic E-state index is 10.4. The predicted octanol–water partition coefficient (Wildman–Crippen LogP) is 1.69. The van der Waals surface area contributed by atoms with Crippen molar-refractivity contribution in [3.05, 3.63) is 18.5 Å². The summed E-state index contributed by atoms with van der Waals surface area (Å²) in [4.78, 5) is 4.88. The van der Waals surface area contributed by atoms with Crippen LogP contribution in [0.1, 0.15) is 32.6 Å². The Balaban J connectivity index is 1.33. The van der Waals surface area contributed by atoms with Crippen LogP contribution in [-0.2, 0) is 6.54 Å². The fourth-order valence-corrected chi connectivity index (χ4v) is 3.92. The summed E-state index contributed by atoms with van der Waals surface area (Å²) in [5.74, 6) is 1.59. The molecule has 1 atom stereocenters. The van der Waals surface area contributed by atoms with Crippen molar-refractivity contribution in [3.8, 4) is 0 Å². The topological polar surface area (TPSA) is 44.5 Å². The molecule has 2 fully saturated rings. The Morgan fingerprint density at radius 3 is 2.22 bits per heavy atom. The van der Waals surface area contributed by atoms with E-state index in [2.05, 4.69) is 28.0 Å². The van der Waals surface area contributed by atoms with Crippen molar-refractivity contribution >= 4 is 0 Å². The van der Waals surface area contributed by atoms with Gasteiger partial charge in [0.15, 0.2) is 0 Å². The Kier molecular flexibility index (Phi) is 6.08. The van der Waals surface area contributed by atoms with Gasteiger partial charge in [0.1, 0.15) is 0 Å². The lowest BCUT2D eigenvalue weighted by molar-refractivity contribution is 0.0490. The van der Waals surface area contributed by atoms with Crippen LogP contribution in [0.15, 0.2) is 18.5 Å². The molecule has 0 amide bonds. The third kappa shape index (κ3) is 5.30. The SMILES string of the molecule is CC1CCN(C[C@@H](O)CN2CCC(Cn3cccn3)CC2)CC1. The number of β-amino-alcohol motifs (C(OH)–C–C–N with tert-alkyl or cyclic N) is 1. The minimum Gasteiger partial charge on any atom is -0.390 e. The monoisotopic (exact) mass is 320 g/mol. The highest BCUT2D eigenvalue weighted by Crippen LogP contribution is 2.20. The van der Waals surface area contributed by atoms with Crippen molar-refractivity contribution < 1.29 is 5.11 Å². The Bertz CT molecular complexity index is 434. The highest BCUT2D eigenvalue weighted by Gasteiger charge is 2.23. The molecule has 130 valence electrons. The van der Waals surface area contributed by atoms with Crippen molar-refractivity contribution in [2.45, 2.75) is 45.3 Å². The summed E-state index contributed by atoms with van der Waals surface area (Å²) in [6, 6.07) is 1.99. The van der Waals surface area contributed by atoms with Gasteiger partial charge in [-0.15, -0.1) is 0 Å². The van der Waals surface area contributed by atoms with Gasteiger partial charge in [-0.25, -0.2) is 0 Å². The maximum atomic E-state index is 10.4. The highest BCUT2D eigenvalue weighted by molar-refractivity contribution is 4.81. The normalized spacial score (nSPS) is 24.1. The second-order valence-corrected chi connectivity index (χ2v) is 7.61. The van der Waals surface area contributed by atoms with Gasteiger partial charge >= 0.3 is 0 Å². The van der Waals surface area contributed by atoms with E-state index < -0.39 is 0 Å². The smallest absolute Gasteiger partial charge is 0.0793 e. The van der Waals surface area contributed by atoms with Crippen molar-refractivity contribution in [2.75, 3.05) is 39.3 Å². The average molecular weight is 320 g/mol. The number of hydrogen-bond donors (Lipinski definition) is 1. The van der Waals surface area contributed by atoms with Crippen LogP contribution in [0, 0.1) is 11.8 Å². The van der Waals surface area contributed by atoms with Crippen molar-refractivity contribution in [1.82, 2.24) is 19.6 Å². The Morgan fingerprint density at radius 2 is 1.65 bits per heavy atom. The molecule has 3 rings (SSSR count). The van der Waals surface area contributed by atoms with Gasteiger partial charge in [-0.05, 0) is 69.8 Å². The van der Waals surface area contributed by atoms with Crippen molar-refractivity contribution in [1.29, 1.82) is 0 Å². The number of piperidine rings is 2. The molecule has 1 aromatic rings. The zero-order chi connectivity index (χ0) is 16.1. The number of aliphatic hydroxyl groups excluding tert-OH is 1. The third-order valence-electron chi connectivity index (χ3n) is 5.53. The third-order valence-corrected chi connectivity index (χ3v) is 5.53. The van der Waals surface area contributed by atoms with Crippen LogP contribution >= 0.6 is 0 Å². The van der Waals surface area contributed by atoms with E-state index in [0.29, 0.717) is 0 Å². The molecule has 2 aliphatic heterocycles. The fraction of sp³-hybridized carbons (Fsp3) is 0.833. The number of nitrogens with zero attached hydrogens (tertiary/aromatic N) is 4. The molecule has 5 nitrogen and oxygen atoms in total. The van der Waals surface area contributed by atoms with Crippen LogP contribution in [0.4, 0.5) is 0 Å². The number of rotatable bonds is 6. The molecule has 1 aromatic heterocycles. The van der Waals surface area contributed by atoms with Crippen LogP contribution in [0.2, 0.25) is 0 Å². The second-order valence-electron chi connectivity index (χ2n) is 7.61. The second kappa shape index (κ2) is 8.27. The first kappa shape index (κ1) is 16.9. The Morgan fingerprint density at radius 1 is 1.04 bits per heavy atom. The van der Waals surface area contributed by atoms with Gasteiger partial charge in [0.05, 0.1) is 6.10 Å². The van der Waals surface area contributed by atoms with E-state index >= 15 is 0 Å².